The summed E-state index contributed by atoms with van der Waals surface area (Å²) in [5.41, 5.74) is 0.929. The zero-order valence-electron chi connectivity index (χ0n) is 12.6. The number of rotatable bonds is 6. The Kier molecular flexibility index (Phi) is 6.90. The molecule has 1 aliphatic rings. The lowest BCUT2D eigenvalue weighted by molar-refractivity contribution is -0.119. The zero-order valence-corrected chi connectivity index (χ0v) is 14.2. The molecule has 0 saturated heterocycles. The summed E-state index contributed by atoms with van der Waals surface area (Å²) in [6.07, 6.45) is 4.91. The van der Waals surface area contributed by atoms with Crippen molar-refractivity contribution in [2.75, 3.05) is 5.33 Å². The lowest BCUT2D eigenvalue weighted by atomic mass is 9.82. The first kappa shape index (κ1) is 17.0. The van der Waals surface area contributed by atoms with Crippen LogP contribution in [0.25, 0.3) is 0 Å². The van der Waals surface area contributed by atoms with E-state index in [9.17, 15) is 9.59 Å². The number of nitrogens with one attached hydrogen (secondary N) is 1. The first-order valence-corrected chi connectivity index (χ1v) is 8.88. The van der Waals surface area contributed by atoms with Crippen LogP contribution in [0.2, 0.25) is 0 Å². The van der Waals surface area contributed by atoms with Gasteiger partial charge in [0.15, 0.2) is 5.78 Å². The van der Waals surface area contributed by atoms with Crippen LogP contribution in [0.1, 0.15) is 37.7 Å². The normalized spacial score (nSPS) is 16.8. The van der Waals surface area contributed by atoms with E-state index >= 15 is 0 Å². The number of hydrogen-bond donors (Lipinski definition) is 1. The lowest BCUT2D eigenvalue weighted by Gasteiger charge is -2.29. The minimum Gasteiger partial charge on any atom is -0.445 e. The Balaban J connectivity index is 1.88. The number of carbonyl (C=O) groups is 2. The van der Waals surface area contributed by atoms with E-state index in [0.29, 0.717) is 0 Å². The largest absolute Gasteiger partial charge is 0.445 e. The number of carbonyl (C=O) groups excluding carboxylic acids is 2. The van der Waals surface area contributed by atoms with E-state index in [0.717, 1.165) is 31.2 Å². The predicted octanol–water partition coefficient (Wildman–Crippen LogP) is 3.83. The summed E-state index contributed by atoms with van der Waals surface area (Å²) in [5.74, 6) is 0.242. The van der Waals surface area contributed by atoms with Gasteiger partial charge in [-0.05, 0) is 24.3 Å². The van der Waals surface area contributed by atoms with Crippen molar-refractivity contribution in [1.82, 2.24) is 5.32 Å². The number of halogens is 1. The second-order valence-electron chi connectivity index (χ2n) is 5.68. The van der Waals surface area contributed by atoms with Crippen molar-refractivity contribution in [3.05, 3.63) is 35.9 Å². The molecular formula is C17H22BrNO3. The Labute approximate surface area is 139 Å². The van der Waals surface area contributed by atoms with E-state index in [2.05, 4.69) is 21.2 Å². The van der Waals surface area contributed by atoms with Crippen molar-refractivity contribution in [3.63, 3.8) is 0 Å². The fourth-order valence-electron chi connectivity index (χ4n) is 2.90. The van der Waals surface area contributed by atoms with Gasteiger partial charge >= 0.3 is 6.09 Å². The lowest BCUT2D eigenvalue weighted by Crippen LogP contribution is -2.47. The van der Waals surface area contributed by atoms with Crippen LogP contribution in [-0.4, -0.2) is 23.2 Å². The van der Waals surface area contributed by atoms with Crippen LogP contribution in [0.15, 0.2) is 30.3 Å². The number of ether oxygens (including phenoxy) is 1. The van der Waals surface area contributed by atoms with Gasteiger partial charge in [0.25, 0.3) is 0 Å². The molecule has 22 heavy (non-hydrogen) atoms. The van der Waals surface area contributed by atoms with E-state index in [-0.39, 0.29) is 23.6 Å². The fraction of sp³-hybridized carbons (Fsp3) is 0.529. The average molecular weight is 368 g/mol. The molecule has 5 heteroatoms. The molecule has 1 N–H and O–H groups in total. The van der Waals surface area contributed by atoms with E-state index in [4.69, 9.17) is 4.74 Å². The summed E-state index contributed by atoms with van der Waals surface area (Å²) < 4.78 is 5.23. The van der Waals surface area contributed by atoms with Crippen LogP contribution in [0.3, 0.4) is 0 Å². The number of benzene rings is 1. The third-order valence-corrected chi connectivity index (χ3v) is 4.64. The van der Waals surface area contributed by atoms with E-state index in [1.54, 1.807) is 0 Å². The number of hydrogen-bond acceptors (Lipinski definition) is 3. The summed E-state index contributed by atoms with van der Waals surface area (Å²) >= 11 is 3.21. The topological polar surface area (TPSA) is 55.4 Å². The van der Waals surface area contributed by atoms with Gasteiger partial charge in [0, 0.05) is 0 Å². The quantitative estimate of drug-likeness (QED) is 0.777. The van der Waals surface area contributed by atoms with Gasteiger partial charge < -0.3 is 10.1 Å². The Morgan fingerprint density at radius 1 is 1.18 bits per heavy atom. The highest BCUT2D eigenvalue weighted by atomic mass is 79.9. The fourth-order valence-corrected chi connectivity index (χ4v) is 3.25. The number of alkyl halides is 1. The molecule has 0 bridgehead atoms. The maximum atomic E-state index is 12.1. The Morgan fingerprint density at radius 3 is 2.50 bits per heavy atom. The van der Waals surface area contributed by atoms with E-state index < -0.39 is 12.1 Å². The van der Waals surface area contributed by atoms with Gasteiger partial charge in [0.2, 0.25) is 0 Å². The second-order valence-corrected chi connectivity index (χ2v) is 6.24. The highest BCUT2D eigenvalue weighted by molar-refractivity contribution is 9.09. The van der Waals surface area contributed by atoms with Gasteiger partial charge in [-0.3, -0.25) is 4.79 Å². The average Bonchev–Trinajstić information content (AvgIpc) is 2.59. The SMILES string of the molecule is O=C(NC(C(=O)CBr)C1CCCCC1)OCc1ccccc1. The Bertz CT molecular complexity index is 486. The van der Waals surface area contributed by atoms with E-state index in [1.807, 2.05) is 30.3 Å². The molecule has 1 saturated carbocycles. The van der Waals surface area contributed by atoms with Crippen LogP contribution in [0.5, 0.6) is 0 Å². The van der Waals surface area contributed by atoms with Crippen LogP contribution in [0.4, 0.5) is 4.79 Å². The van der Waals surface area contributed by atoms with Gasteiger partial charge in [0.1, 0.15) is 6.61 Å². The summed E-state index contributed by atoms with van der Waals surface area (Å²) in [6, 6.07) is 9.07. The van der Waals surface area contributed by atoms with Crippen LogP contribution >= 0.6 is 15.9 Å². The molecule has 0 aromatic heterocycles. The number of alkyl carbamates (subject to hydrolysis) is 1. The van der Waals surface area contributed by atoms with Gasteiger partial charge in [-0.1, -0.05) is 65.5 Å². The number of ketones is 1. The Hall–Kier alpha value is -1.36. The summed E-state index contributed by atoms with van der Waals surface area (Å²) in [6.45, 7) is 0.215. The molecular weight excluding hydrogens is 346 g/mol. The monoisotopic (exact) mass is 367 g/mol. The molecule has 1 unspecified atom stereocenters. The van der Waals surface area contributed by atoms with Crippen molar-refractivity contribution in [3.8, 4) is 0 Å². The molecule has 2 rings (SSSR count). The second kappa shape index (κ2) is 8.93. The minimum absolute atomic E-state index is 0.0172. The van der Waals surface area contributed by atoms with Crippen molar-refractivity contribution < 1.29 is 14.3 Å². The van der Waals surface area contributed by atoms with E-state index in [1.165, 1.54) is 6.42 Å². The molecule has 0 radical (unpaired) electrons. The van der Waals surface area contributed by atoms with Crippen LogP contribution in [-0.2, 0) is 16.1 Å². The molecule has 1 fully saturated rings. The van der Waals surface area contributed by atoms with Crippen molar-refractivity contribution >= 4 is 27.8 Å². The zero-order chi connectivity index (χ0) is 15.8. The third-order valence-electron chi connectivity index (χ3n) is 4.09. The summed E-state index contributed by atoms with van der Waals surface area (Å²) in [5, 5.41) is 3.02. The molecule has 1 atom stereocenters. The maximum absolute atomic E-state index is 12.1. The first-order chi connectivity index (χ1) is 10.7. The number of Topliss-reactive ketones (excluding diaryl/α,β-unsaturated/α-hetero) is 1. The van der Waals surface area contributed by atoms with Crippen LogP contribution in [0, 0.1) is 5.92 Å². The highest BCUT2D eigenvalue weighted by Gasteiger charge is 2.30. The Morgan fingerprint density at radius 2 is 1.86 bits per heavy atom. The summed E-state index contributed by atoms with van der Waals surface area (Å²) in [4.78, 5) is 24.1. The minimum atomic E-state index is -0.520. The van der Waals surface area contributed by atoms with Gasteiger partial charge in [-0.25, -0.2) is 4.79 Å². The van der Waals surface area contributed by atoms with Crippen molar-refractivity contribution in [2.45, 2.75) is 44.8 Å². The molecule has 1 aromatic carbocycles. The van der Waals surface area contributed by atoms with Gasteiger partial charge in [0.05, 0.1) is 11.4 Å². The molecule has 0 heterocycles. The summed E-state index contributed by atoms with van der Waals surface area (Å²) in [7, 11) is 0. The molecule has 0 aliphatic heterocycles. The maximum Gasteiger partial charge on any atom is 0.408 e. The molecule has 1 aromatic rings. The third kappa shape index (κ3) is 5.13. The smallest absolute Gasteiger partial charge is 0.408 e. The number of amides is 1. The predicted molar refractivity (Wildman–Crippen MR) is 88.9 cm³/mol. The molecule has 0 spiro atoms. The highest BCUT2D eigenvalue weighted by Crippen LogP contribution is 2.27. The standard InChI is InChI=1S/C17H22BrNO3/c18-11-15(20)16(14-9-5-2-6-10-14)19-17(21)22-12-13-7-3-1-4-8-13/h1,3-4,7-8,14,16H,2,5-6,9-12H2,(H,19,21). The molecule has 120 valence electrons. The molecule has 4 nitrogen and oxygen atoms in total. The van der Waals surface area contributed by atoms with Gasteiger partial charge in [-0.2, -0.15) is 0 Å². The van der Waals surface area contributed by atoms with Crippen LogP contribution < -0.4 is 5.32 Å². The van der Waals surface area contributed by atoms with Crippen molar-refractivity contribution in [1.29, 1.82) is 0 Å². The first-order valence-electron chi connectivity index (χ1n) is 7.76. The molecule has 1 amide bonds. The van der Waals surface area contributed by atoms with Crippen molar-refractivity contribution in [2.24, 2.45) is 5.92 Å². The molecule has 1 aliphatic carbocycles. The van der Waals surface area contributed by atoms with Gasteiger partial charge in [-0.15, -0.1) is 0 Å².